The second-order valence-corrected chi connectivity index (χ2v) is 6.62. The topological polar surface area (TPSA) is 155 Å². The van der Waals surface area contributed by atoms with E-state index < -0.39 is 31.1 Å². The number of aromatic nitrogens is 4. The highest BCUT2D eigenvalue weighted by atomic mass is 16.6. The maximum Gasteiger partial charge on any atom is 0.167 e. The van der Waals surface area contributed by atoms with Gasteiger partial charge in [-0.25, -0.2) is 15.0 Å². The number of phenols is 1. The summed E-state index contributed by atoms with van der Waals surface area (Å²) < 4.78 is 12.3. The zero-order valence-electron chi connectivity index (χ0n) is 15.5. The number of fused-ring (bicyclic) bond motifs is 1. The first-order chi connectivity index (χ1) is 14.0. The minimum absolute atomic E-state index is 0.115. The lowest BCUT2D eigenvalue weighted by Gasteiger charge is -2.16. The van der Waals surface area contributed by atoms with Crippen LogP contribution in [0, 0.1) is 0 Å². The SMILES string of the molecule is COc1ccc(O)cc1CNc1ncnc2c1ncn2[C@@H]1O[C@H](CO)[C@@H](O)[C@@H]1O. The monoisotopic (exact) mass is 403 g/mol. The second-order valence-electron chi connectivity index (χ2n) is 6.62. The van der Waals surface area contributed by atoms with Gasteiger partial charge in [0.25, 0.3) is 0 Å². The van der Waals surface area contributed by atoms with Gasteiger partial charge in [0.1, 0.15) is 36.1 Å². The van der Waals surface area contributed by atoms with Gasteiger partial charge in [-0.2, -0.15) is 0 Å². The van der Waals surface area contributed by atoms with Crippen LogP contribution in [0.5, 0.6) is 11.5 Å². The van der Waals surface area contributed by atoms with Gasteiger partial charge in [-0.05, 0) is 18.2 Å². The van der Waals surface area contributed by atoms with Crippen molar-refractivity contribution in [2.24, 2.45) is 0 Å². The number of hydrogen-bond acceptors (Lipinski definition) is 10. The van der Waals surface area contributed by atoms with E-state index in [1.54, 1.807) is 19.2 Å². The van der Waals surface area contributed by atoms with Crippen molar-refractivity contribution in [2.75, 3.05) is 19.0 Å². The molecule has 4 atom stereocenters. The van der Waals surface area contributed by atoms with E-state index in [2.05, 4.69) is 20.3 Å². The van der Waals surface area contributed by atoms with Crippen molar-refractivity contribution >= 4 is 17.0 Å². The lowest BCUT2D eigenvalue weighted by atomic mass is 10.1. The van der Waals surface area contributed by atoms with Crippen LogP contribution < -0.4 is 10.1 Å². The normalized spacial score (nSPS) is 24.1. The number of hydrogen-bond donors (Lipinski definition) is 5. The Balaban J connectivity index is 1.61. The Morgan fingerprint density at radius 2 is 2.03 bits per heavy atom. The van der Waals surface area contributed by atoms with Gasteiger partial charge in [0.15, 0.2) is 23.2 Å². The summed E-state index contributed by atoms with van der Waals surface area (Å²) in [6.45, 7) is -0.112. The van der Waals surface area contributed by atoms with E-state index in [0.29, 0.717) is 29.3 Å². The maximum atomic E-state index is 10.3. The van der Waals surface area contributed by atoms with E-state index in [1.165, 1.54) is 23.3 Å². The summed E-state index contributed by atoms with van der Waals surface area (Å²) in [5.41, 5.74) is 1.55. The Bertz CT molecular complexity index is 1010. The standard InChI is InChI=1S/C18H21N5O6/c1-28-11-3-2-10(25)4-9(11)5-19-16-13-17(21-7-20-16)23(8-22-13)18-15(27)14(26)12(6-24)29-18/h2-4,7-8,12,14-15,18,24-27H,5-6H2,1H3,(H,19,20,21)/t12-,14-,15+,18-/m1/s1. The highest BCUT2D eigenvalue weighted by molar-refractivity contribution is 5.82. The van der Waals surface area contributed by atoms with Crippen LogP contribution in [0.4, 0.5) is 5.82 Å². The molecule has 0 unspecified atom stereocenters. The van der Waals surface area contributed by atoms with E-state index >= 15 is 0 Å². The molecule has 0 spiro atoms. The zero-order chi connectivity index (χ0) is 20.5. The summed E-state index contributed by atoms with van der Waals surface area (Å²) in [5, 5.41) is 42.4. The van der Waals surface area contributed by atoms with Gasteiger partial charge in [-0.3, -0.25) is 4.57 Å². The summed E-state index contributed by atoms with van der Waals surface area (Å²) in [6, 6.07) is 4.79. The molecular weight excluding hydrogens is 382 g/mol. The minimum atomic E-state index is -1.24. The van der Waals surface area contributed by atoms with E-state index in [-0.39, 0.29) is 5.75 Å². The van der Waals surface area contributed by atoms with Crippen LogP contribution in [0.15, 0.2) is 30.9 Å². The third-order valence-electron chi connectivity index (χ3n) is 4.86. The Labute approximate surface area is 165 Å². The van der Waals surface area contributed by atoms with Gasteiger partial charge in [0, 0.05) is 12.1 Å². The molecule has 5 N–H and O–H groups in total. The van der Waals surface area contributed by atoms with Gasteiger partial charge < -0.3 is 35.2 Å². The quantitative estimate of drug-likeness (QED) is 0.372. The fourth-order valence-electron chi connectivity index (χ4n) is 3.36. The van der Waals surface area contributed by atoms with Crippen LogP contribution in [0.1, 0.15) is 11.8 Å². The third kappa shape index (κ3) is 3.44. The first kappa shape index (κ1) is 19.3. The number of anilines is 1. The highest BCUT2D eigenvalue weighted by Gasteiger charge is 2.44. The molecule has 0 aliphatic carbocycles. The number of aromatic hydroxyl groups is 1. The molecule has 1 aliphatic rings. The van der Waals surface area contributed by atoms with Gasteiger partial charge in [0.2, 0.25) is 0 Å². The van der Waals surface area contributed by atoms with Crippen molar-refractivity contribution < 1.29 is 29.9 Å². The van der Waals surface area contributed by atoms with Crippen molar-refractivity contribution in [3.63, 3.8) is 0 Å². The first-order valence-corrected chi connectivity index (χ1v) is 8.93. The number of benzene rings is 1. The molecule has 0 amide bonds. The van der Waals surface area contributed by atoms with Crippen LogP contribution in [-0.4, -0.2) is 72.0 Å². The number of aliphatic hydroxyl groups excluding tert-OH is 3. The fraction of sp³-hybridized carbons (Fsp3) is 0.389. The van der Waals surface area contributed by atoms with Crippen molar-refractivity contribution in [2.45, 2.75) is 31.1 Å². The molecule has 2 aromatic heterocycles. The number of rotatable bonds is 6. The van der Waals surface area contributed by atoms with Crippen LogP contribution in [0.2, 0.25) is 0 Å². The van der Waals surface area contributed by atoms with E-state index in [9.17, 15) is 20.4 Å². The lowest BCUT2D eigenvalue weighted by molar-refractivity contribution is -0.0511. The largest absolute Gasteiger partial charge is 0.508 e. The van der Waals surface area contributed by atoms with Gasteiger partial charge >= 0.3 is 0 Å². The van der Waals surface area contributed by atoms with Gasteiger partial charge in [0.05, 0.1) is 20.0 Å². The first-order valence-electron chi connectivity index (χ1n) is 8.93. The second kappa shape index (κ2) is 7.79. The minimum Gasteiger partial charge on any atom is -0.508 e. The van der Waals surface area contributed by atoms with Crippen molar-refractivity contribution in [1.29, 1.82) is 0 Å². The van der Waals surface area contributed by atoms with Crippen molar-refractivity contribution in [1.82, 2.24) is 19.5 Å². The molecule has 0 bridgehead atoms. The van der Waals surface area contributed by atoms with Gasteiger partial charge in [-0.15, -0.1) is 0 Å². The number of imidazole rings is 1. The molecule has 3 aromatic rings. The molecule has 1 saturated heterocycles. The summed E-state index contributed by atoms with van der Waals surface area (Å²) in [6.07, 6.45) is -1.54. The average molecular weight is 403 g/mol. The van der Waals surface area contributed by atoms with Crippen molar-refractivity contribution in [3.8, 4) is 11.5 Å². The Morgan fingerprint density at radius 3 is 2.76 bits per heavy atom. The van der Waals surface area contributed by atoms with Crippen LogP contribution in [-0.2, 0) is 11.3 Å². The number of aliphatic hydroxyl groups is 3. The van der Waals surface area contributed by atoms with Crippen LogP contribution in [0.25, 0.3) is 11.2 Å². The molecule has 11 heteroatoms. The zero-order valence-corrected chi connectivity index (χ0v) is 15.5. The predicted octanol–water partition coefficient (Wildman–Crippen LogP) is -0.236. The Hall–Kier alpha value is -2.99. The van der Waals surface area contributed by atoms with E-state index in [4.69, 9.17) is 9.47 Å². The molecule has 1 aliphatic heterocycles. The summed E-state index contributed by atoms with van der Waals surface area (Å²) in [5.74, 6) is 1.16. The van der Waals surface area contributed by atoms with E-state index in [1.807, 2.05) is 0 Å². The molecule has 3 heterocycles. The third-order valence-corrected chi connectivity index (χ3v) is 4.86. The van der Waals surface area contributed by atoms with Gasteiger partial charge in [-0.1, -0.05) is 0 Å². The maximum absolute atomic E-state index is 10.3. The molecule has 4 rings (SSSR count). The van der Waals surface area contributed by atoms with Crippen molar-refractivity contribution in [3.05, 3.63) is 36.4 Å². The highest BCUT2D eigenvalue weighted by Crippen LogP contribution is 2.32. The van der Waals surface area contributed by atoms with Crippen LogP contribution in [0.3, 0.4) is 0 Å². The molecule has 0 saturated carbocycles. The molecular formula is C18H21N5O6. The number of ether oxygens (including phenoxy) is 2. The number of nitrogens with zero attached hydrogens (tertiary/aromatic N) is 4. The molecule has 1 aromatic carbocycles. The number of phenolic OH excluding ortho intramolecular Hbond substituents is 1. The fourth-order valence-corrected chi connectivity index (χ4v) is 3.36. The lowest BCUT2D eigenvalue weighted by Crippen LogP contribution is -2.33. The molecule has 11 nitrogen and oxygen atoms in total. The number of nitrogens with one attached hydrogen (secondary N) is 1. The summed E-state index contributed by atoms with van der Waals surface area (Å²) >= 11 is 0. The summed E-state index contributed by atoms with van der Waals surface area (Å²) in [7, 11) is 1.54. The molecule has 154 valence electrons. The molecule has 29 heavy (non-hydrogen) atoms. The average Bonchev–Trinajstić information content (AvgIpc) is 3.28. The van der Waals surface area contributed by atoms with Crippen LogP contribution >= 0.6 is 0 Å². The predicted molar refractivity (Wildman–Crippen MR) is 100 cm³/mol. The Kier molecular flexibility index (Phi) is 5.20. The van der Waals surface area contributed by atoms with E-state index in [0.717, 1.165) is 5.56 Å². The number of methoxy groups -OCH3 is 1. The smallest absolute Gasteiger partial charge is 0.167 e. The Morgan fingerprint density at radius 1 is 1.21 bits per heavy atom. The molecule has 1 fully saturated rings. The summed E-state index contributed by atoms with van der Waals surface area (Å²) in [4.78, 5) is 12.7. The molecule has 0 radical (unpaired) electrons.